The maximum Gasteiger partial charge on any atom is 0.309 e. The quantitative estimate of drug-likeness (QED) is 0.769. The van der Waals surface area contributed by atoms with Crippen molar-refractivity contribution < 1.29 is 14.3 Å². The van der Waals surface area contributed by atoms with Gasteiger partial charge in [-0.2, -0.15) is 0 Å². The first-order chi connectivity index (χ1) is 9.04. The Kier molecular flexibility index (Phi) is 5.55. The van der Waals surface area contributed by atoms with Crippen molar-refractivity contribution in [1.29, 1.82) is 0 Å². The number of methoxy groups -OCH3 is 1. The van der Waals surface area contributed by atoms with Crippen LogP contribution in [0.1, 0.15) is 44.4 Å². The standard InChI is InChI=1S/C14H18O3.C2H6/c1-14(2)13-10(7-8-17-14)5-4-6-11(13)9-12(15)16-3;1-2/h4-6H,7-9H2,1-3H3;1-2H3. The Balaban J connectivity index is 0.000000861. The molecular formula is C16H24O3. The highest BCUT2D eigenvalue weighted by atomic mass is 16.5. The van der Waals surface area contributed by atoms with Crippen LogP contribution in [0.4, 0.5) is 0 Å². The van der Waals surface area contributed by atoms with E-state index >= 15 is 0 Å². The van der Waals surface area contributed by atoms with Crippen LogP contribution < -0.4 is 0 Å². The van der Waals surface area contributed by atoms with Gasteiger partial charge in [-0.05, 0) is 37.0 Å². The topological polar surface area (TPSA) is 35.5 Å². The molecule has 0 radical (unpaired) electrons. The number of fused-ring (bicyclic) bond motifs is 1. The van der Waals surface area contributed by atoms with Crippen LogP contribution in [0.15, 0.2) is 18.2 Å². The molecule has 19 heavy (non-hydrogen) atoms. The van der Waals surface area contributed by atoms with Gasteiger partial charge in [-0.15, -0.1) is 0 Å². The fourth-order valence-corrected chi connectivity index (χ4v) is 2.50. The molecule has 0 spiro atoms. The molecule has 1 aliphatic rings. The van der Waals surface area contributed by atoms with E-state index in [4.69, 9.17) is 9.47 Å². The third kappa shape index (κ3) is 3.57. The average molecular weight is 264 g/mol. The van der Waals surface area contributed by atoms with Crippen molar-refractivity contribution in [2.45, 2.75) is 46.1 Å². The smallest absolute Gasteiger partial charge is 0.309 e. The van der Waals surface area contributed by atoms with E-state index in [2.05, 4.69) is 6.07 Å². The normalized spacial score (nSPS) is 15.8. The number of rotatable bonds is 2. The first kappa shape index (κ1) is 15.7. The Labute approximate surface area is 115 Å². The predicted molar refractivity (Wildman–Crippen MR) is 76.2 cm³/mol. The van der Waals surface area contributed by atoms with Gasteiger partial charge >= 0.3 is 5.97 Å². The lowest BCUT2D eigenvalue weighted by molar-refractivity contribution is -0.139. The molecule has 0 aromatic heterocycles. The summed E-state index contributed by atoms with van der Waals surface area (Å²) in [6.45, 7) is 8.83. The Bertz CT molecular complexity index is 436. The number of hydrogen-bond donors (Lipinski definition) is 0. The molecule has 3 heteroatoms. The van der Waals surface area contributed by atoms with E-state index in [-0.39, 0.29) is 11.6 Å². The highest BCUT2D eigenvalue weighted by Gasteiger charge is 2.31. The van der Waals surface area contributed by atoms with Crippen molar-refractivity contribution in [1.82, 2.24) is 0 Å². The van der Waals surface area contributed by atoms with E-state index in [9.17, 15) is 4.79 Å². The van der Waals surface area contributed by atoms with Gasteiger partial charge in [0, 0.05) is 0 Å². The molecule has 0 unspecified atom stereocenters. The monoisotopic (exact) mass is 264 g/mol. The molecule has 2 rings (SSSR count). The summed E-state index contributed by atoms with van der Waals surface area (Å²) < 4.78 is 10.5. The SMILES string of the molecule is CC.COC(=O)Cc1cccc2c1C(C)(C)OCC2. The van der Waals surface area contributed by atoms with Gasteiger partial charge in [-0.25, -0.2) is 0 Å². The molecule has 3 nitrogen and oxygen atoms in total. The minimum absolute atomic E-state index is 0.209. The molecule has 106 valence electrons. The summed E-state index contributed by atoms with van der Waals surface area (Å²) >= 11 is 0. The largest absolute Gasteiger partial charge is 0.469 e. The Morgan fingerprint density at radius 1 is 1.37 bits per heavy atom. The van der Waals surface area contributed by atoms with Crippen molar-refractivity contribution in [3.8, 4) is 0 Å². The number of carbonyl (C=O) groups excluding carboxylic acids is 1. The van der Waals surface area contributed by atoms with E-state index in [0.717, 1.165) is 24.2 Å². The summed E-state index contributed by atoms with van der Waals surface area (Å²) in [6, 6.07) is 6.09. The van der Waals surface area contributed by atoms with Crippen LogP contribution in [-0.2, 0) is 32.7 Å². The molecule has 1 aliphatic heterocycles. The summed E-state index contributed by atoms with van der Waals surface area (Å²) in [5.74, 6) is -0.209. The third-order valence-electron chi connectivity index (χ3n) is 3.24. The van der Waals surface area contributed by atoms with Gasteiger partial charge in [0.2, 0.25) is 0 Å². The minimum atomic E-state index is -0.321. The molecule has 1 aromatic carbocycles. The molecular weight excluding hydrogens is 240 g/mol. The predicted octanol–water partition coefficient (Wildman–Crippen LogP) is 3.24. The van der Waals surface area contributed by atoms with Crippen LogP contribution in [0, 0.1) is 0 Å². The molecule has 0 amide bonds. The second-order valence-electron chi connectivity index (χ2n) is 4.81. The maximum atomic E-state index is 11.4. The zero-order chi connectivity index (χ0) is 14.5. The van der Waals surface area contributed by atoms with E-state index < -0.39 is 0 Å². The molecule has 0 atom stereocenters. The van der Waals surface area contributed by atoms with Crippen LogP contribution in [0.3, 0.4) is 0 Å². The fourth-order valence-electron chi connectivity index (χ4n) is 2.50. The first-order valence-electron chi connectivity index (χ1n) is 6.86. The van der Waals surface area contributed by atoms with E-state index in [1.807, 2.05) is 39.8 Å². The molecule has 0 aliphatic carbocycles. The summed E-state index contributed by atoms with van der Waals surface area (Å²) in [5, 5.41) is 0. The molecule has 1 heterocycles. The van der Waals surface area contributed by atoms with Crippen molar-refractivity contribution in [2.24, 2.45) is 0 Å². The van der Waals surface area contributed by atoms with Gasteiger partial charge in [0.25, 0.3) is 0 Å². The summed E-state index contributed by atoms with van der Waals surface area (Å²) in [7, 11) is 1.42. The molecule has 0 bridgehead atoms. The number of ether oxygens (including phenoxy) is 2. The van der Waals surface area contributed by atoms with Crippen LogP contribution in [0.5, 0.6) is 0 Å². The van der Waals surface area contributed by atoms with E-state index in [1.165, 1.54) is 12.7 Å². The maximum absolute atomic E-state index is 11.4. The van der Waals surface area contributed by atoms with E-state index in [1.54, 1.807) is 0 Å². The Morgan fingerprint density at radius 3 is 2.68 bits per heavy atom. The zero-order valence-corrected chi connectivity index (χ0v) is 12.6. The van der Waals surface area contributed by atoms with Crippen molar-refractivity contribution >= 4 is 5.97 Å². The van der Waals surface area contributed by atoms with Gasteiger partial charge in [0.05, 0.1) is 25.7 Å². The number of esters is 1. The van der Waals surface area contributed by atoms with Gasteiger partial charge in [-0.1, -0.05) is 32.0 Å². The van der Waals surface area contributed by atoms with E-state index in [0.29, 0.717) is 6.42 Å². The first-order valence-corrected chi connectivity index (χ1v) is 6.86. The zero-order valence-electron chi connectivity index (χ0n) is 12.6. The lowest BCUT2D eigenvalue weighted by Crippen LogP contribution is -2.31. The third-order valence-corrected chi connectivity index (χ3v) is 3.24. The van der Waals surface area contributed by atoms with Crippen molar-refractivity contribution in [3.63, 3.8) is 0 Å². The second kappa shape index (κ2) is 6.71. The van der Waals surface area contributed by atoms with Crippen molar-refractivity contribution in [2.75, 3.05) is 13.7 Å². The molecule has 1 aromatic rings. The van der Waals surface area contributed by atoms with Gasteiger partial charge in [0.1, 0.15) is 0 Å². The highest BCUT2D eigenvalue weighted by molar-refractivity contribution is 5.73. The molecule has 0 fully saturated rings. The van der Waals surface area contributed by atoms with Crippen LogP contribution >= 0.6 is 0 Å². The number of benzene rings is 1. The molecule has 0 saturated heterocycles. The van der Waals surface area contributed by atoms with Crippen molar-refractivity contribution in [3.05, 3.63) is 34.9 Å². The van der Waals surface area contributed by atoms with Gasteiger partial charge in [0.15, 0.2) is 0 Å². The van der Waals surface area contributed by atoms with Crippen LogP contribution in [0.2, 0.25) is 0 Å². The number of hydrogen-bond acceptors (Lipinski definition) is 3. The second-order valence-corrected chi connectivity index (χ2v) is 4.81. The Morgan fingerprint density at radius 2 is 2.05 bits per heavy atom. The van der Waals surface area contributed by atoms with Crippen LogP contribution in [-0.4, -0.2) is 19.7 Å². The lowest BCUT2D eigenvalue weighted by Gasteiger charge is -2.34. The Hall–Kier alpha value is -1.35. The van der Waals surface area contributed by atoms with Gasteiger partial charge < -0.3 is 9.47 Å². The molecule has 0 N–H and O–H groups in total. The summed E-state index contributed by atoms with van der Waals surface area (Å²) in [6.07, 6.45) is 1.22. The highest BCUT2D eigenvalue weighted by Crippen LogP contribution is 2.35. The summed E-state index contributed by atoms with van der Waals surface area (Å²) in [5.41, 5.74) is 3.12. The number of carbonyl (C=O) groups is 1. The lowest BCUT2D eigenvalue weighted by atomic mass is 9.84. The molecule has 0 saturated carbocycles. The fraction of sp³-hybridized carbons (Fsp3) is 0.562. The minimum Gasteiger partial charge on any atom is -0.469 e. The average Bonchev–Trinajstić information content (AvgIpc) is 2.40. The van der Waals surface area contributed by atoms with Crippen LogP contribution in [0.25, 0.3) is 0 Å². The summed E-state index contributed by atoms with van der Waals surface area (Å²) in [4.78, 5) is 11.4. The van der Waals surface area contributed by atoms with Gasteiger partial charge in [-0.3, -0.25) is 4.79 Å².